The van der Waals surface area contributed by atoms with Crippen LogP contribution < -0.4 is 21.3 Å². The lowest BCUT2D eigenvalue weighted by Gasteiger charge is -2.26. The minimum Gasteiger partial charge on any atom is -0.397 e. The van der Waals surface area contributed by atoms with Gasteiger partial charge in [0.05, 0.1) is 34.1 Å². The predicted octanol–water partition coefficient (Wildman–Crippen LogP) is 10.1. The number of nitrogen functional groups attached to an aromatic ring is 2. The number of benzene rings is 7. The molecule has 4 N–H and O–H groups in total. The standard InChI is InChI=1S/C40H28N6/c41-39-31(25-13-17-29(18-14-25)45-23-43-33-9-1-5-27-7-3-11-35(45)37(27)33)21-22-32(40(39)42)26-15-19-30(20-16-26)46-24-44-34-10-2-6-28-8-4-12-36(46)38(28)34/h1-24H,41-42H2. The van der Waals surface area contributed by atoms with Gasteiger partial charge in [-0.2, -0.15) is 0 Å². The minimum absolute atomic E-state index is 0.569. The molecule has 2 aliphatic heterocycles. The highest BCUT2D eigenvalue weighted by atomic mass is 15.2. The van der Waals surface area contributed by atoms with E-state index < -0.39 is 0 Å². The maximum Gasteiger partial charge on any atom is 0.100 e. The number of hydrogen-bond donors (Lipinski definition) is 2. The second kappa shape index (κ2) is 10.1. The van der Waals surface area contributed by atoms with Gasteiger partial charge in [0.2, 0.25) is 0 Å². The van der Waals surface area contributed by atoms with Gasteiger partial charge in [0, 0.05) is 33.3 Å². The third kappa shape index (κ3) is 3.97. The zero-order chi connectivity index (χ0) is 30.8. The number of aliphatic imine (C=N–C) groups is 2. The Morgan fingerprint density at radius 2 is 0.804 bits per heavy atom. The first-order chi connectivity index (χ1) is 22.6. The van der Waals surface area contributed by atoms with Crippen LogP contribution in [0.5, 0.6) is 0 Å². The highest BCUT2D eigenvalue weighted by Gasteiger charge is 2.20. The Balaban J connectivity index is 0.999. The highest BCUT2D eigenvalue weighted by Crippen LogP contribution is 2.43. The third-order valence-electron chi connectivity index (χ3n) is 9.07. The van der Waals surface area contributed by atoms with E-state index in [2.05, 4.69) is 131 Å². The zero-order valence-corrected chi connectivity index (χ0v) is 24.8. The summed E-state index contributed by atoms with van der Waals surface area (Å²) < 4.78 is 0. The summed E-state index contributed by atoms with van der Waals surface area (Å²) in [6.07, 6.45) is 3.77. The fourth-order valence-corrected chi connectivity index (χ4v) is 6.74. The lowest BCUT2D eigenvalue weighted by Crippen LogP contribution is -2.16. The van der Waals surface area contributed by atoms with Gasteiger partial charge in [-0.1, -0.05) is 84.9 Å². The van der Waals surface area contributed by atoms with Gasteiger partial charge < -0.3 is 21.3 Å². The third-order valence-corrected chi connectivity index (χ3v) is 9.07. The second-order valence-electron chi connectivity index (χ2n) is 11.6. The van der Waals surface area contributed by atoms with Gasteiger partial charge in [-0.25, -0.2) is 9.98 Å². The summed E-state index contributed by atoms with van der Waals surface area (Å²) in [6.45, 7) is 0. The molecule has 7 aromatic carbocycles. The Morgan fingerprint density at radius 1 is 0.413 bits per heavy atom. The monoisotopic (exact) mass is 592 g/mol. The van der Waals surface area contributed by atoms with Crippen molar-refractivity contribution in [2.24, 2.45) is 9.98 Å². The molecule has 0 aromatic heterocycles. The molecule has 0 fully saturated rings. The fourth-order valence-electron chi connectivity index (χ4n) is 6.74. The number of nitrogens with two attached hydrogens (primary N) is 2. The molecule has 7 aromatic rings. The van der Waals surface area contributed by atoms with E-state index in [-0.39, 0.29) is 0 Å². The van der Waals surface area contributed by atoms with Crippen molar-refractivity contribution in [3.05, 3.63) is 133 Å². The summed E-state index contributed by atoms with van der Waals surface area (Å²) in [7, 11) is 0. The quantitative estimate of drug-likeness (QED) is 0.199. The Morgan fingerprint density at radius 3 is 1.22 bits per heavy atom. The molecule has 6 nitrogen and oxygen atoms in total. The van der Waals surface area contributed by atoms with E-state index >= 15 is 0 Å². The summed E-state index contributed by atoms with van der Waals surface area (Å²) >= 11 is 0. The van der Waals surface area contributed by atoms with Crippen molar-refractivity contribution in [3.63, 3.8) is 0 Å². The SMILES string of the molecule is Nc1c(-c2ccc(N3C=Nc4cccc5cccc3c45)cc2)ccc(-c2ccc(N3C=Nc4cccc5cccc3c45)cc2)c1N. The molecule has 0 unspecified atom stereocenters. The Hall–Kier alpha value is -6.40. The van der Waals surface area contributed by atoms with Crippen molar-refractivity contribution in [3.8, 4) is 22.3 Å². The predicted molar refractivity (Wildman–Crippen MR) is 195 cm³/mol. The van der Waals surface area contributed by atoms with Crippen molar-refractivity contribution < 1.29 is 0 Å². The van der Waals surface area contributed by atoms with Crippen molar-refractivity contribution in [2.75, 3.05) is 21.3 Å². The normalized spacial score (nSPS) is 13.1. The van der Waals surface area contributed by atoms with Crippen LogP contribution in [0.25, 0.3) is 43.8 Å². The highest BCUT2D eigenvalue weighted by molar-refractivity contribution is 6.13. The molecule has 9 rings (SSSR count). The first kappa shape index (κ1) is 26.0. The fraction of sp³-hybridized carbons (Fsp3) is 0. The van der Waals surface area contributed by atoms with E-state index in [1.807, 2.05) is 24.8 Å². The molecule has 0 saturated heterocycles. The molecule has 6 heteroatoms. The molecular weight excluding hydrogens is 564 g/mol. The van der Waals surface area contributed by atoms with Crippen molar-refractivity contribution >= 4 is 79.7 Å². The number of rotatable bonds is 4. The number of anilines is 6. The van der Waals surface area contributed by atoms with Crippen LogP contribution in [0.15, 0.2) is 143 Å². The average Bonchev–Trinajstić information content (AvgIpc) is 3.11. The maximum absolute atomic E-state index is 6.69. The summed E-state index contributed by atoms with van der Waals surface area (Å²) in [6, 6.07) is 46.0. The van der Waals surface area contributed by atoms with Gasteiger partial charge in [-0.3, -0.25) is 0 Å². The molecule has 0 radical (unpaired) electrons. The maximum atomic E-state index is 6.69. The van der Waals surface area contributed by atoms with Crippen LogP contribution in [-0.2, 0) is 0 Å². The summed E-state index contributed by atoms with van der Waals surface area (Å²) in [5.74, 6) is 0. The van der Waals surface area contributed by atoms with Crippen LogP contribution >= 0.6 is 0 Å². The van der Waals surface area contributed by atoms with Crippen LogP contribution in [0.2, 0.25) is 0 Å². The molecule has 218 valence electrons. The van der Waals surface area contributed by atoms with E-state index in [0.29, 0.717) is 11.4 Å². The van der Waals surface area contributed by atoms with Gasteiger partial charge in [0.1, 0.15) is 12.7 Å². The molecule has 0 saturated carbocycles. The molecule has 0 amide bonds. The van der Waals surface area contributed by atoms with Crippen LogP contribution in [0.1, 0.15) is 0 Å². The number of hydrogen-bond acceptors (Lipinski definition) is 6. The first-order valence-electron chi connectivity index (χ1n) is 15.2. The zero-order valence-electron chi connectivity index (χ0n) is 24.8. The van der Waals surface area contributed by atoms with E-state index in [9.17, 15) is 0 Å². The van der Waals surface area contributed by atoms with Crippen molar-refractivity contribution in [1.82, 2.24) is 0 Å². The van der Waals surface area contributed by atoms with Crippen LogP contribution in [0.4, 0.5) is 45.5 Å². The topological polar surface area (TPSA) is 83.2 Å². The van der Waals surface area contributed by atoms with E-state index in [1.54, 1.807) is 0 Å². The molecule has 46 heavy (non-hydrogen) atoms. The molecule has 0 atom stereocenters. The Labute approximate surface area is 266 Å². The van der Waals surface area contributed by atoms with Crippen LogP contribution in [0, 0.1) is 0 Å². The smallest absolute Gasteiger partial charge is 0.100 e. The summed E-state index contributed by atoms with van der Waals surface area (Å²) in [5.41, 5.74) is 24.6. The van der Waals surface area contributed by atoms with E-state index in [0.717, 1.165) is 67.2 Å². The molecule has 2 aliphatic rings. The summed E-state index contributed by atoms with van der Waals surface area (Å²) in [4.78, 5) is 13.7. The molecular formula is C40H28N6. The first-order valence-corrected chi connectivity index (χ1v) is 15.2. The van der Waals surface area contributed by atoms with Crippen LogP contribution in [-0.4, -0.2) is 12.7 Å². The molecule has 0 bridgehead atoms. The number of nitrogens with zero attached hydrogens (tertiary/aromatic N) is 4. The van der Waals surface area contributed by atoms with Gasteiger partial charge in [0.25, 0.3) is 0 Å². The average molecular weight is 593 g/mol. The summed E-state index contributed by atoms with van der Waals surface area (Å²) in [5, 5.41) is 4.67. The second-order valence-corrected chi connectivity index (χ2v) is 11.6. The van der Waals surface area contributed by atoms with Gasteiger partial charge in [-0.05, 0) is 70.4 Å². The molecule has 0 aliphatic carbocycles. The van der Waals surface area contributed by atoms with Crippen LogP contribution in [0.3, 0.4) is 0 Å². The minimum atomic E-state index is 0.569. The van der Waals surface area contributed by atoms with E-state index in [1.165, 1.54) is 10.8 Å². The van der Waals surface area contributed by atoms with E-state index in [4.69, 9.17) is 21.5 Å². The Kier molecular flexibility index (Phi) is 5.70. The largest absolute Gasteiger partial charge is 0.397 e. The molecule has 0 spiro atoms. The van der Waals surface area contributed by atoms with Gasteiger partial charge in [-0.15, -0.1) is 0 Å². The van der Waals surface area contributed by atoms with Gasteiger partial charge >= 0.3 is 0 Å². The Bertz CT molecular complexity index is 2210. The lowest BCUT2D eigenvalue weighted by molar-refractivity contribution is 1.35. The lowest BCUT2D eigenvalue weighted by atomic mass is 9.96. The molecule has 2 heterocycles. The van der Waals surface area contributed by atoms with Crippen molar-refractivity contribution in [2.45, 2.75) is 0 Å². The van der Waals surface area contributed by atoms with Gasteiger partial charge in [0.15, 0.2) is 0 Å². The van der Waals surface area contributed by atoms with Crippen molar-refractivity contribution in [1.29, 1.82) is 0 Å².